The van der Waals surface area contributed by atoms with Gasteiger partial charge in [-0.25, -0.2) is 14.8 Å². The molecule has 0 unspecified atom stereocenters. The second-order valence-electron chi connectivity index (χ2n) is 8.24. The average molecular weight is 499 g/mol. The maximum absolute atomic E-state index is 12.7. The van der Waals surface area contributed by atoms with Crippen LogP contribution in [0.5, 0.6) is 0 Å². The Morgan fingerprint density at radius 1 is 1.18 bits per heavy atom. The largest absolute Gasteiger partial charge is 0.338 e. The van der Waals surface area contributed by atoms with Crippen molar-refractivity contribution in [1.29, 1.82) is 0 Å². The molecule has 0 saturated carbocycles. The molecule has 0 radical (unpaired) electrons. The van der Waals surface area contributed by atoms with Crippen LogP contribution in [-0.4, -0.2) is 47.8 Å². The maximum Gasteiger partial charge on any atom is 0.331 e. The van der Waals surface area contributed by atoms with Crippen LogP contribution in [-0.2, 0) is 25.3 Å². The molecule has 1 atom stereocenters. The Bertz CT molecular complexity index is 1500. The Morgan fingerprint density at radius 2 is 1.94 bits per heavy atom. The quantitative estimate of drug-likeness (QED) is 0.441. The molecule has 13 heteroatoms. The third kappa shape index (κ3) is 3.90. The van der Waals surface area contributed by atoms with Gasteiger partial charge in [0.1, 0.15) is 4.83 Å². The van der Waals surface area contributed by atoms with Crippen molar-refractivity contribution in [3.05, 3.63) is 44.2 Å². The minimum atomic E-state index is -0.410. The van der Waals surface area contributed by atoms with Gasteiger partial charge in [0.15, 0.2) is 5.01 Å². The van der Waals surface area contributed by atoms with Crippen LogP contribution in [0.15, 0.2) is 27.4 Å². The van der Waals surface area contributed by atoms with Gasteiger partial charge in [0.05, 0.1) is 11.8 Å². The molecule has 11 nitrogen and oxygen atoms in total. The summed E-state index contributed by atoms with van der Waals surface area (Å²) in [4.78, 5) is 49.1. The first-order valence-corrected chi connectivity index (χ1v) is 12.4. The third-order valence-electron chi connectivity index (χ3n) is 5.96. The van der Waals surface area contributed by atoms with Crippen molar-refractivity contribution in [3.8, 4) is 10.6 Å². The van der Waals surface area contributed by atoms with Gasteiger partial charge in [-0.15, -0.1) is 21.5 Å². The lowest BCUT2D eigenvalue weighted by molar-refractivity contribution is -0.115. The van der Waals surface area contributed by atoms with E-state index in [0.29, 0.717) is 37.9 Å². The number of nitrogens with one attached hydrogen (secondary N) is 1. The summed E-state index contributed by atoms with van der Waals surface area (Å²) in [7, 11) is 3.03. The van der Waals surface area contributed by atoms with Crippen molar-refractivity contribution >= 4 is 49.9 Å². The van der Waals surface area contributed by atoms with Crippen LogP contribution >= 0.6 is 22.7 Å². The van der Waals surface area contributed by atoms with Gasteiger partial charge in [0.2, 0.25) is 17.0 Å². The van der Waals surface area contributed by atoms with E-state index >= 15 is 0 Å². The molecule has 4 aromatic rings. The minimum Gasteiger partial charge on any atom is -0.338 e. The summed E-state index contributed by atoms with van der Waals surface area (Å²) in [6.45, 7) is 3.12. The van der Waals surface area contributed by atoms with Gasteiger partial charge in [-0.1, -0.05) is 11.3 Å². The molecule has 34 heavy (non-hydrogen) atoms. The van der Waals surface area contributed by atoms with E-state index < -0.39 is 11.2 Å². The normalized spacial score (nSPS) is 15.9. The lowest BCUT2D eigenvalue weighted by Crippen LogP contribution is -2.36. The fourth-order valence-corrected chi connectivity index (χ4v) is 5.85. The summed E-state index contributed by atoms with van der Waals surface area (Å²) in [6.07, 6.45) is 5.69. The summed E-state index contributed by atoms with van der Waals surface area (Å²) in [5.74, 6) is 0.381. The molecule has 1 aliphatic heterocycles. The van der Waals surface area contributed by atoms with Crippen molar-refractivity contribution in [2.24, 2.45) is 14.1 Å². The fourth-order valence-electron chi connectivity index (χ4n) is 4.09. The van der Waals surface area contributed by atoms with Crippen LogP contribution < -0.4 is 21.5 Å². The van der Waals surface area contributed by atoms with E-state index in [1.807, 2.05) is 0 Å². The van der Waals surface area contributed by atoms with E-state index in [1.54, 1.807) is 24.8 Å². The first-order chi connectivity index (χ1) is 16.3. The molecular weight excluding hydrogens is 476 g/mol. The molecule has 0 bridgehead atoms. The molecule has 176 valence electrons. The van der Waals surface area contributed by atoms with Crippen LogP contribution in [0.2, 0.25) is 0 Å². The van der Waals surface area contributed by atoms with Crippen LogP contribution in [0.1, 0.15) is 25.3 Å². The SMILES string of the molecule is C[C@H]1CCCN1c1ncc(-c2nnc(NC(=O)Cc3csc4c3c(=O)n(C)c(=O)n4C)s2)cn1. The van der Waals surface area contributed by atoms with E-state index in [-0.39, 0.29) is 12.3 Å². The minimum absolute atomic E-state index is 0.0197. The number of fused-ring (bicyclic) bond motifs is 1. The molecule has 4 aromatic heterocycles. The van der Waals surface area contributed by atoms with Gasteiger partial charge in [-0.3, -0.25) is 18.7 Å². The lowest BCUT2D eigenvalue weighted by atomic mass is 10.1. The summed E-state index contributed by atoms with van der Waals surface area (Å²) in [5.41, 5.74) is 0.483. The highest BCUT2D eigenvalue weighted by Gasteiger charge is 2.23. The van der Waals surface area contributed by atoms with Crippen LogP contribution in [0.3, 0.4) is 0 Å². The molecule has 0 spiro atoms. The summed E-state index contributed by atoms with van der Waals surface area (Å²) in [5, 5.41) is 14.0. The molecule has 0 aromatic carbocycles. The van der Waals surface area contributed by atoms with Crippen molar-refractivity contribution < 1.29 is 4.79 Å². The predicted molar refractivity (Wildman–Crippen MR) is 132 cm³/mol. The number of nitrogens with zero attached hydrogens (tertiary/aromatic N) is 7. The zero-order valence-electron chi connectivity index (χ0n) is 18.8. The topological polar surface area (TPSA) is 128 Å². The Kier molecular flexibility index (Phi) is 5.73. The number of hydrogen-bond donors (Lipinski definition) is 1. The number of rotatable bonds is 5. The Labute approximate surface area is 201 Å². The van der Waals surface area contributed by atoms with Crippen LogP contribution in [0.4, 0.5) is 11.1 Å². The first-order valence-electron chi connectivity index (χ1n) is 10.7. The van der Waals surface area contributed by atoms with Gasteiger partial charge in [-0.2, -0.15) is 0 Å². The van der Waals surface area contributed by atoms with E-state index in [9.17, 15) is 14.4 Å². The number of aryl methyl sites for hydroxylation is 1. The van der Waals surface area contributed by atoms with Gasteiger partial charge < -0.3 is 10.2 Å². The van der Waals surface area contributed by atoms with Gasteiger partial charge >= 0.3 is 5.69 Å². The predicted octanol–water partition coefficient (Wildman–Crippen LogP) is 1.78. The third-order valence-corrected chi connectivity index (χ3v) is 7.95. The molecule has 5 heterocycles. The smallest absolute Gasteiger partial charge is 0.331 e. The summed E-state index contributed by atoms with van der Waals surface area (Å²) >= 11 is 2.49. The van der Waals surface area contributed by atoms with Crippen molar-refractivity contribution in [1.82, 2.24) is 29.3 Å². The Balaban J connectivity index is 1.30. The summed E-state index contributed by atoms with van der Waals surface area (Å²) < 4.78 is 2.46. The second kappa shape index (κ2) is 8.72. The van der Waals surface area contributed by atoms with Crippen LogP contribution in [0.25, 0.3) is 20.8 Å². The summed E-state index contributed by atoms with van der Waals surface area (Å²) in [6, 6.07) is 0.430. The van der Waals surface area contributed by atoms with E-state index in [4.69, 9.17) is 0 Å². The van der Waals surface area contributed by atoms with E-state index in [0.717, 1.165) is 29.5 Å². The zero-order valence-corrected chi connectivity index (χ0v) is 20.4. The van der Waals surface area contributed by atoms with Crippen LogP contribution in [0, 0.1) is 0 Å². The zero-order chi connectivity index (χ0) is 24.0. The second-order valence-corrected chi connectivity index (χ2v) is 10.1. The lowest BCUT2D eigenvalue weighted by Gasteiger charge is -2.20. The number of anilines is 2. The molecule has 1 aliphatic rings. The molecular formula is C21H22N8O3S2. The molecule has 1 saturated heterocycles. The molecule has 0 aliphatic carbocycles. The van der Waals surface area contributed by atoms with E-state index in [1.165, 1.54) is 34.3 Å². The van der Waals surface area contributed by atoms with Gasteiger partial charge in [-0.05, 0) is 30.7 Å². The molecule has 1 amide bonds. The Morgan fingerprint density at radius 3 is 2.65 bits per heavy atom. The molecule has 1 N–H and O–H groups in total. The fraction of sp³-hybridized carbons (Fsp3) is 0.381. The number of aromatic nitrogens is 6. The number of carbonyl (C=O) groups is 1. The highest BCUT2D eigenvalue weighted by molar-refractivity contribution is 7.18. The van der Waals surface area contributed by atoms with Crippen molar-refractivity contribution in [2.45, 2.75) is 32.2 Å². The van der Waals surface area contributed by atoms with Crippen molar-refractivity contribution in [2.75, 3.05) is 16.8 Å². The molecule has 1 fully saturated rings. The average Bonchev–Trinajstić information content (AvgIpc) is 3.57. The highest BCUT2D eigenvalue weighted by atomic mass is 32.1. The number of amides is 1. The van der Waals surface area contributed by atoms with E-state index in [2.05, 4.69) is 37.3 Å². The number of carbonyl (C=O) groups excluding carboxylic acids is 1. The molecule has 5 rings (SSSR count). The standard InChI is InChI=1S/C21H22N8O3S2/c1-11-5-4-6-29(11)19-22-8-13(9-23-19)16-25-26-20(34-16)24-14(30)7-12-10-33-18-15(12)17(31)27(2)21(32)28(18)3/h8-11H,4-7H2,1-3H3,(H,24,26,30)/t11-/m0/s1. The number of thiophene rings is 1. The monoisotopic (exact) mass is 498 g/mol. The highest BCUT2D eigenvalue weighted by Crippen LogP contribution is 2.28. The van der Waals surface area contributed by atoms with Gasteiger partial charge in [0, 0.05) is 44.6 Å². The van der Waals surface area contributed by atoms with Crippen molar-refractivity contribution in [3.63, 3.8) is 0 Å². The maximum atomic E-state index is 12.7. The Hall–Kier alpha value is -3.45. The number of hydrogen-bond acceptors (Lipinski definition) is 10. The van der Waals surface area contributed by atoms with Gasteiger partial charge in [0.25, 0.3) is 5.56 Å². The first kappa shape index (κ1) is 22.3.